The molecule has 4 N–H and O–H groups in total. The number of rotatable bonds is 13. The summed E-state index contributed by atoms with van der Waals surface area (Å²) in [6.07, 6.45) is 4.71. The zero-order valence-corrected chi connectivity index (χ0v) is 24.2. The number of carbonyl (C=O) groups excluding carboxylic acids is 3. The van der Waals surface area contributed by atoms with Crippen LogP contribution in [0.5, 0.6) is 0 Å². The van der Waals surface area contributed by atoms with Crippen molar-refractivity contribution in [2.24, 2.45) is 0 Å². The standard InChI is InChI=1S/C35H40N4O3/c1-24(40)12-4-2-7-19-31(39-35(42)32-22-26-15-8-9-16-27(26)23-37-32)34(41)36-21-20-29-28-17-10-11-18-30(28)38-33(29)25-13-5-3-6-14-25/h3,5-6,8-11,13-18,31-32,37-38H,2,4,7,12,19-23H2,1H3,(H,36,41)(H,39,42)/t31-,32?/m0/s1. The number of para-hydroxylation sites is 1. The first-order valence-corrected chi connectivity index (χ1v) is 15.0. The van der Waals surface area contributed by atoms with Gasteiger partial charge < -0.3 is 25.7 Å². The van der Waals surface area contributed by atoms with Crippen molar-refractivity contribution < 1.29 is 14.4 Å². The number of benzene rings is 3. The predicted molar refractivity (Wildman–Crippen MR) is 167 cm³/mol. The third kappa shape index (κ3) is 7.34. The molecule has 0 saturated carbocycles. The number of amides is 2. The summed E-state index contributed by atoms with van der Waals surface area (Å²) in [5, 5.41) is 10.6. The molecule has 1 aliphatic rings. The van der Waals surface area contributed by atoms with Gasteiger partial charge in [-0.3, -0.25) is 9.59 Å². The van der Waals surface area contributed by atoms with Gasteiger partial charge >= 0.3 is 0 Å². The maximum absolute atomic E-state index is 13.5. The zero-order chi connectivity index (χ0) is 29.3. The number of Topliss-reactive ketones (excluding diaryl/α,β-unsaturated/α-hetero) is 1. The molecular formula is C35H40N4O3. The van der Waals surface area contributed by atoms with Crippen LogP contribution < -0.4 is 16.0 Å². The monoisotopic (exact) mass is 564 g/mol. The second-order valence-corrected chi connectivity index (χ2v) is 11.2. The Kier molecular flexibility index (Phi) is 9.82. The highest BCUT2D eigenvalue weighted by molar-refractivity contribution is 5.92. The Morgan fingerprint density at radius 2 is 1.62 bits per heavy atom. The topological polar surface area (TPSA) is 103 Å². The van der Waals surface area contributed by atoms with Crippen LogP contribution in [0.3, 0.4) is 0 Å². The smallest absolute Gasteiger partial charge is 0.242 e. The zero-order valence-electron chi connectivity index (χ0n) is 24.2. The van der Waals surface area contributed by atoms with E-state index in [-0.39, 0.29) is 23.6 Å². The average Bonchev–Trinajstić information content (AvgIpc) is 3.38. The summed E-state index contributed by atoms with van der Waals surface area (Å²) in [6.45, 7) is 2.68. The number of carbonyl (C=O) groups is 3. The van der Waals surface area contributed by atoms with Crippen LogP contribution in [0.1, 0.15) is 55.7 Å². The van der Waals surface area contributed by atoms with Crippen LogP contribution in [0, 0.1) is 0 Å². The minimum atomic E-state index is -0.634. The molecule has 218 valence electrons. The fourth-order valence-electron chi connectivity index (χ4n) is 5.82. The molecule has 4 aromatic rings. The fraction of sp³-hybridized carbons (Fsp3) is 0.343. The minimum Gasteiger partial charge on any atom is -0.354 e. The maximum Gasteiger partial charge on any atom is 0.242 e. The number of aromatic nitrogens is 1. The third-order valence-electron chi connectivity index (χ3n) is 8.10. The van der Waals surface area contributed by atoms with Crippen molar-refractivity contribution in [2.45, 2.75) is 70.5 Å². The Morgan fingerprint density at radius 3 is 2.43 bits per heavy atom. The minimum absolute atomic E-state index is 0.156. The second-order valence-electron chi connectivity index (χ2n) is 11.2. The van der Waals surface area contributed by atoms with Gasteiger partial charge in [0.15, 0.2) is 0 Å². The van der Waals surface area contributed by atoms with E-state index in [1.807, 2.05) is 42.5 Å². The van der Waals surface area contributed by atoms with Crippen LogP contribution in [-0.4, -0.2) is 41.2 Å². The summed E-state index contributed by atoms with van der Waals surface area (Å²) < 4.78 is 0. The lowest BCUT2D eigenvalue weighted by Gasteiger charge is -2.27. The molecule has 2 atom stereocenters. The van der Waals surface area contributed by atoms with Gasteiger partial charge in [-0.25, -0.2) is 0 Å². The first-order chi connectivity index (χ1) is 20.5. The summed E-state index contributed by atoms with van der Waals surface area (Å²) in [5.74, 6) is -0.156. The molecule has 1 aromatic heterocycles. The number of aromatic amines is 1. The van der Waals surface area contributed by atoms with E-state index in [9.17, 15) is 14.4 Å². The maximum atomic E-state index is 13.5. The number of hydrogen-bond donors (Lipinski definition) is 4. The number of unbranched alkanes of at least 4 members (excludes halogenated alkanes) is 2. The van der Waals surface area contributed by atoms with E-state index in [0.29, 0.717) is 38.8 Å². The van der Waals surface area contributed by atoms with Crippen molar-refractivity contribution >= 4 is 28.5 Å². The first kappa shape index (κ1) is 29.3. The third-order valence-corrected chi connectivity index (χ3v) is 8.10. The van der Waals surface area contributed by atoms with Crippen molar-refractivity contribution in [1.29, 1.82) is 0 Å². The van der Waals surface area contributed by atoms with Crippen LogP contribution in [0.15, 0.2) is 78.9 Å². The van der Waals surface area contributed by atoms with Crippen LogP contribution in [0.4, 0.5) is 0 Å². The lowest BCUT2D eigenvalue weighted by Crippen LogP contribution is -2.54. The summed E-state index contributed by atoms with van der Waals surface area (Å²) in [7, 11) is 0. The number of hydrogen-bond acceptors (Lipinski definition) is 4. The molecule has 2 amide bonds. The Morgan fingerprint density at radius 1 is 0.881 bits per heavy atom. The number of fused-ring (bicyclic) bond motifs is 2. The summed E-state index contributed by atoms with van der Waals surface area (Å²) in [6, 6.07) is 25.6. The van der Waals surface area contributed by atoms with Crippen molar-refractivity contribution in [3.05, 3.63) is 95.6 Å². The summed E-state index contributed by atoms with van der Waals surface area (Å²) >= 11 is 0. The lowest BCUT2D eigenvalue weighted by molar-refractivity contribution is -0.130. The first-order valence-electron chi connectivity index (χ1n) is 15.0. The fourth-order valence-corrected chi connectivity index (χ4v) is 5.82. The van der Waals surface area contributed by atoms with Gasteiger partial charge in [0.1, 0.15) is 11.8 Å². The van der Waals surface area contributed by atoms with Crippen LogP contribution in [-0.2, 0) is 33.8 Å². The lowest BCUT2D eigenvalue weighted by atomic mass is 9.95. The number of ketones is 1. The van der Waals surface area contributed by atoms with Gasteiger partial charge in [0.05, 0.1) is 6.04 Å². The summed E-state index contributed by atoms with van der Waals surface area (Å²) in [4.78, 5) is 41.7. The van der Waals surface area contributed by atoms with E-state index in [1.54, 1.807) is 6.92 Å². The van der Waals surface area contributed by atoms with Crippen molar-refractivity contribution in [3.8, 4) is 11.3 Å². The van der Waals surface area contributed by atoms with E-state index < -0.39 is 6.04 Å². The molecule has 7 nitrogen and oxygen atoms in total. The Hall–Kier alpha value is -4.23. The average molecular weight is 565 g/mol. The second kappa shape index (κ2) is 14.1. The van der Waals surface area contributed by atoms with E-state index >= 15 is 0 Å². The van der Waals surface area contributed by atoms with Gasteiger partial charge in [-0.15, -0.1) is 0 Å². The van der Waals surface area contributed by atoms with E-state index in [1.165, 1.54) is 5.56 Å². The molecule has 0 radical (unpaired) electrons. The van der Waals surface area contributed by atoms with Gasteiger partial charge in [-0.2, -0.15) is 0 Å². The molecule has 1 aliphatic heterocycles. The molecule has 1 unspecified atom stereocenters. The molecule has 0 saturated heterocycles. The summed E-state index contributed by atoms with van der Waals surface area (Å²) in [5.41, 5.74) is 6.75. The quantitative estimate of drug-likeness (QED) is 0.167. The van der Waals surface area contributed by atoms with Gasteiger partial charge in [0, 0.05) is 36.1 Å². The molecule has 0 aliphatic carbocycles. The predicted octanol–water partition coefficient (Wildman–Crippen LogP) is 5.23. The highest BCUT2D eigenvalue weighted by Gasteiger charge is 2.28. The van der Waals surface area contributed by atoms with E-state index in [0.717, 1.165) is 52.5 Å². The molecule has 0 fully saturated rings. The Balaban J connectivity index is 1.24. The van der Waals surface area contributed by atoms with Crippen LogP contribution in [0.2, 0.25) is 0 Å². The highest BCUT2D eigenvalue weighted by atomic mass is 16.2. The van der Waals surface area contributed by atoms with Gasteiger partial charge in [-0.05, 0) is 60.9 Å². The van der Waals surface area contributed by atoms with Crippen molar-refractivity contribution in [3.63, 3.8) is 0 Å². The molecule has 2 heterocycles. The normalized spacial score (nSPS) is 15.1. The van der Waals surface area contributed by atoms with Crippen molar-refractivity contribution in [2.75, 3.05) is 6.54 Å². The van der Waals surface area contributed by atoms with Crippen molar-refractivity contribution in [1.82, 2.24) is 20.9 Å². The van der Waals surface area contributed by atoms with E-state index in [2.05, 4.69) is 57.3 Å². The molecule has 5 rings (SSSR count). The largest absolute Gasteiger partial charge is 0.354 e. The Labute approximate surface area is 247 Å². The van der Waals surface area contributed by atoms with Gasteiger partial charge in [0.25, 0.3) is 0 Å². The molecule has 42 heavy (non-hydrogen) atoms. The van der Waals surface area contributed by atoms with Gasteiger partial charge in [-0.1, -0.05) is 85.6 Å². The number of H-pyrrole nitrogens is 1. The van der Waals surface area contributed by atoms with Gasteiger partial charge in [0.2, 0.25) is 11.8 Å². The molecule has 3 aromatic carbocycles. The molecular weight excluding hydrogens is 524 g/mol. The SMILES string of the molecule is CC(=O)CCCCC[C@H](NC(=O)C1Cc2ccccc2CN1)C(=O)NCCc1c(-c2ccccc2)[nH]c2ccccc12. The molecule has 7 heteroatoms. The number of nitrogens with one attached hydrogen (secondary N) is 4. The highest BCUT2D eigenvalue weighted by Crippen LogP contribution is 2.30. The van der Waals surface area contributed by atoms with E-state index in [4.69, 9.17) is 0 Å². The van der Waals surface area contributed by atoms with Crippen LogP contribution >= 0.6 is 0 Å². The van der Waals surface area contributed by atoms with Crippen LogP contribution in [0.25, 0.3) is 22.2 Å². The Bertz CT molecular complexity index is 1530. The molecule has 0 bridgehead atoms. The molecule has 0 spiro atoms.